The highest BCUT2D eigenvalue weighted by Crippen LogP contribution is 2.37. The molecule has 0 fully saturated rings. The normalized spacial score (nSPS) is 11.4. The van der Waals surface area contributed by atoms with Crippen LogP contribution in [-0.4, -0.2) is 11.3 Å². The summed E-state index contributed by atoms with van der Waals surface area (Å²) in [6.07, 6.45) is -8.29. The molecule has 0 aliphatic heterocycles. The maximum absolute atomic E-state index is 12.6. The maximum Gasteiger partial charge on any atom is 0.573 e. The van der Waals surface area contributed by atoms with E-state index in [-0.39, 0.29) is 0 Å². The lowest BCUT2D eigenvalue weighted by Crippen LogP contribution is -2.19. The van der Waals surface area contributed by atoms with Crippen LogP contribution < -0.4 is 4.74 Å². The van der Waals surface area contributed by atoms with Crippen LogP contribution in [0.25, 0.3) is 0 Å². The molecular formula is C9H4ClF5N2O. The van der Waals surface area contributed by atoms with E-state index in [2.05, 4.69) is 9.72 Å². The van der Waals surface area contributed by atoms with Crippen molar-refractivity contribution in [1.29, 1.82) is 5.26 Å². The molecule has 0 atom stereocenters. The van der Waals surface area contributed by atoms with E-state index in [0.29, 0.717) is 6.20 Å². The minimum Gasteiger partial charge on any atom is -0.402 e. The molecule has 18 heavy (non-hydrogen) atoms. The van der Waals surface area contributed by atoms with Gasteiger partial charge in [-0.25, -0.2) is 13.8 Å². The summed E-state index contributed by atoms with van der Waals surface area (Å²) in [5, 5.41) is 7.71. The summed E-state index contributed by atoms with van der Waals surface area (Å²) in [5.74, 6) is -1.07. The van der Waals surface area contributed by atoms with Crippen LogP contribution in [0.1, 0.15) is 17.6 Å². The van der Waals surface area contributed by atoms with Crippen molar-refractivity contribution in [2.24, 2.45) is 0 Å². The Morgan fingerprint density at radius 2 is 2.06 bits per heavy atom. The lowest BCUT2D eigenvalue weighted by molar-refractivity contribution is -0.275. The lowest BCUT2D eigenvalue weighted by Gasteiger charge is -2.15. The Morgan fingerprint density at radius 1 is 1.44 bits per heavy atom. The molecule has 0 aliphatic carbocycles. The molecular weight excluding hydrogens is 283 g/mol. The third kappa shape index (κ3) is 3.43. The molecule has 1 aromatic heterocycles. The molecule has 0 saturated carbocycles. The lowest BCUT2D eigenvalue weighted by atomic mass is 10.1. The van der Waals surface area contributed by atoms with E-state index in [4.69, 9.17) is 16.9 Å². The highest BCUT2D eigenvalue weighted by atomic mass is 35.5. The van der Waals surface area contributed by atoms with Gasteiger partial charge in [0.2, 0.25) is 0 Å². The number of nitriles is 1. The molecule has 0 saturated heterocycles. The van der Waals surface area contributed by atoms with Crippen LogP contribution in [0.15, 0.2) is 6.20 Å². The number of hydrogen-bond acceptors (Lipinski definition) is 3. The fraction of sp³-hybridized carbons (Fsp3) is 0.333. The zero-order valence-electron chi connectivity index (χ0n) is 8.43. The fourth-order valence-electron chi connectivity index (χ4n) is 1.19. The van der Waals surface area contributed by atoms with Crippen LogP contribution in [-0.2, 0) is 6.42 Å². The van der Waals surface area contributed by atoms with Crippen molar-refractivity contribution in [3.8, 4) is 11.8 Å². The van der Waals surface area contributed by atoms with E-state index in [9.17, 15) is 22.0 Å². The van der Waals surface area contributed by atoms with Crippen LogP contribution in [0.5, 0.6) is 5.75 Å². The standard InChI is InChI=1S/C9H4ClF5N2O/c10-7-6(18-9(13,14)15)4(1-2-16)5(3-17-7)8(11)12/h3,8H,1H2. The number of halogens is 6. The topological polar surface area (TPSA) is 45.9 Å². The Kier molecular flexibility index (Phi) is 4.29. The first-order chi connectivity index (χ1) is 8.26. The third-order valence-electron chi connectivity index (χ3n) is 1.84. The van der Waals surface area contributed by atoms with Crippen molar-refractivity contribution >= 4 is 11.6 Å². The summed E-state index contributed by atoms with van der Waals surface area (Å²) in [4.78, 5) is 3.18. The van der Waals surface area contributed by atoms with E-state index in [1.807, 2.05) is 0 Å². The molecule has 3 nitrogen and oxygen atoms in total. The predicted molar refractivity (Wildman–Crippen MR) is 50.2 cm³/mol. The highest BCUT2D eigenvalue weighted by molar-refractivity contribution is 6.31. The molecule has 0 radical (unpaired) electrons. The van der Waals surface area contributed by atoms with E-state index >= 15 is 0 Å². The summed E-state index contributed by atoms with van der Waals surface area (Å²) in [6.45, 7) is 0. The van der Waals surface area contributed by atoms with Crippen LogP contribution in [0, 0.1) is 11.3 Å². The van der Waals surface area contributed by atoms with Crippen LogP contribution in [0.2, 0.25) is 5.15 Å². The summed E-state index contributed by atoms with van der Waals surface area (Å²) >= 11 is 5.36. The number of nitrogens with zero attached hydrogens (tertiary/aromatic N) is 2. The Balaban J connectivity index is 3.37. The van der Waals surface area contributed by atoms with Gasteiger partial charge in [-0.1, -0.05) is 11.6 Å². The van der Waals surface area contributed by atoms with Gasteiger partial charge in [0.25, 0.3) is 6.43 Å². The first-order valence-corrected chi connectivity index (χ1v) is 4.72. The van der Waals surface area contributed by atoms with Gasteiger partial charge in [-0.15, -0.1) is 13.2 Å². The number of hydrogen-bond donors (Lipinski definition) is 0. The van der Waals surface area contributed by atoms with Crippen molar-refractivity contribution in [3.05, 3.63) is 22.5 Å². The molecule has 0 unspecified atom stereocenters. The number of ether oxygens (including phenoxy) is 1. The molecule has 0 amide bonds. The molecule has 0 N–H and O–H groups in total. The van der Waals surface area contributed by atoms with Crippen molar-refractivity contribution in [3.63, 3.8) is 0 Å². The number of aromatic nitrogens is 1. The second-order valence-corrected chi connectivity index (χ2v) is 3.35. The molecule has 9 heteroatoms. The number of alkyl halides is 5. The van der Waals surface area contributed by atoms with Crippen molar-refractivity contribution < 1.29 is 26.7 Å². The third-order valence-corrected chi connectivity index (χ3v) is 2.10. The smallest absolute Gasteiger partial charge is 0.402 e. The molecule has 1 aromatic rings. The van der Waals surface area contributed by atoms with Crippen LogP contribution >= 0.6 is 11.6 Å². The van der Waals surface area contributed by atoms with E-state index < -0.39 is 41.2 Å². The monoisotopic (exact) mass is 286 g/mol. The van der Waals surface area contributed by atoms with Crippen molar-refractivity contribution in [1.82, 2.24) is 4.98 Å². The van der Waals surface area contributed by atoms with Gasteiger partial charge in [0.05, 0.1) is 12.5 Å². The molecule has 1 rings (SSSR count). The van der Waals surface area contributed by atoms with Gasteiger partial charge in [0.1, 0.15) is 0 Å². The van der Waals surface area contributed by atoms with E-state index in [0.717, 1.165) is 0 Å². The number of rotatable bonds is 3. The molecule has 0 aromatic carbocycles. The van der Waals surface area contributed by atoms with Gasteiger partial charge < -0.3 is 4.74 Å². The SMILES string of the molecule is N#CCc1c(C(F)F)cnc(Cl)c1OC(F)(F)F. The van der Waals surface area contributed by atoms with Gasteiger partial charge >= 0.3 is 6.36 Å². The van der Waals surface area contributed by atoms with Crippen LogP contribution in [0.3, 0.4) is 0 Å². The zero-order chi connectivity index (χ0) is 13.9. The summed E-state index contributed by atoms with van der Waals surface area (Å²) in [7, 11) is 0. The minimum absolute atomic E-state index is 0.614. The summed E-state index contributed by atoms with van der Waals surface area (Å²) in [5.41, 5.74) is -1.44. The second kappa shape index (κ2) is 5.35. The highest BCUT2D eigenvalue weighted by Gasteiger charge is 2.34. The van der Waals surface area contributed by atoms with Gasteiger partial charge in [-0.2, -0.15) is 5.26 Å². The average molecular weight is 287 g/mol. The zero-order valence-corrected chi connectivity index (χ0v) is 9.19. The van der Waals surface area contributed by atoms with Gasteiger partial charge in [-0.05, 0) is 0 Å². The van der Waals surface area contributed by atoms with Crippen molar-refractivity contribution in [2.45, 2.75) is 19.2 Å². The van der Waals surface area contributed by atoms with E-state index in [1.165, 1.54) is 6.07 Å². The molecule has 0 bridgehead atoms. The maximum atomic E-state index is 12.6. The number of pyridine rings is 1. The average Bonchev–Trinajstić information content (AvgIpc) is 2.21. The van der Waals surface area contributed by atoms with Gasteiger partial charge in [0, 0.05) is 17.3 Å². The summed E-state index contributed by atoms with van der Waals surface area (Å²) in [6, 6.07) is 1.47. The Morgan fingerprint density at radius 3 is 2.50 bits per heavy atom. The van der Waals surface area contributed by atoms with Gasteiger partial charge in [0.15, 0.2) is 10.9 Å². The molecule has 1 heterocycles. The first-order valence-electron chi connectivity index (χ1n) is 4.34. The van der Waals surface area contributed by atoms with Gasteiger partial charge in [-0.3, -0.25) is 0 Å². The van der Waals surface area contributed by atoms with Crippen molar-refractivity contribution in [2.75, 3.05) is 0 Å². The summed E-state index contributed by atoms with van der Waals surface area (Å²) < 4.78 is 64.9. The Bertz CT molecular complexity index is 483. The quantitative estimate of drug-likeness (QED) is 0.629. The Hall–Kier alpha value is -1.62. The fourth-order valence-corrected chi connectivity index (χ4v) is 1.39. The Labute approximate surface area is 103 Å². The second-order valence-electron chi connectivity index (χ2n) is 3.00. The largest absolute Gasteiger partial charge is 0.573 e. The molecule has 0 aliphatic rings. The van der Waals surface area contributed by atoms with E-state index in [1.54, 1.807) is 0 Å². The first kappa shape index (κ1) is 14.4. The van der Waals surface area contributed by atoms with Crippen LogP contribution in [0.4, 0.5) is 22.0 Å². The molecule has 0 spiro atoms. The minimum atomic E-state index is -5.11. The molecule has 98 valence electrons. The predicted octanol–water partition coefficient (Wildman–Crippen LogP) is 3.64.